The van der Waals surface area contributed by atoms with Gasteiger partial charge in [-0.1, -0.05) is 0 Å². The predicted octanol–water partition coefficient (Wildman–Crippen LogP) is -4.85. The summed E-state index contributed by atoms with van der Waals surface area (Å²) in [7, 11) is 0. The lowest BCUT2D eigenvalue weighted by Gasteiger charge is -2.25. The highest BCUT2D eigenvalue weighted by Gasteiger charge is 2.31. The maximum absolute atomic E-state index is 12.2. The lowest BCUT2D eigenvalue weighted by atomic mass is 10.1. The highest BCUT2D eigenvalue weighted by Crippen LogP contribution is 1.98. The summed E-state index contributed by atoms with van der Waals surface area (Å²) in [6, 6.07) is -5.67. The lowest BCUT2D eigenvalue weighted by molar-refractivity contribution is -0.143. The Morgan fingerprint density at radius 2 is 1.50 bits per heavy atom. The van der Waals surface area contributed by atoms with Gasteiger partial charge in [-0.3, -0.25) is 14.4 Å². The molecule has 26 heavy (non-hydrogen) atoms. The van der Waals surface area contributed by atoms with Crippen molar-refractivity contribution in [3.05, 3.63) is 0 Å². The molecular formula is C13H24N4O8S. The molecule has 0 aliphatic carbocycles. The molecule has 5 unspecified atom stereocenters. The van der Waals surface area contributed by atoms with Crippen molar-refractivity contribution in [1.29, 1.82) is 0 Å². The van der Waals surface area contributed by atoms with Crippen LogP contribution in [0.1, 0.15) is 6.92 Å². The second-order valence-corrected chi connectivity index (χ2v) is 5.71. The number of hydrogen-bond donors (Lipinski definition) is 9. The van der Waals surface area contributed by atoms with E-state index in [0.29, 0.717) is 0 Å². The van der Waals surface area contributed by atoms with Crippen molar-refractivity contribution in [2.24, 2.45) is 5.73 Å². The van der Waals surface area contributed by atoms with Crippen molar-refractivity contribution in [2.45, 2.75) is 37.2 Å². The topological polar surface area (TPSA) is 211 Å². The SMILES string of the molecule is CC(O)C(NC(=O)C(N)CO)C(=O)NC(CS)C(=O)NC(CO)C(=O)O. The third kappa shape index (κ3) is 7.53. The first kappa shape index (κ1) is 24.1. The summed E-state index contributed by atoms with van der Waals surface area (Å²) < 4.78 is 0. The second kappa shape index (κ2) is 11.6. The number of amides is 3. The molecule has 0 saturated carbocycles. The van der Waals surface area contributed by atoms with Gasteiger partial charge in [0.25, 0.3) is 0 Å². The number of aliphatic carboxylic acids is 1. The zero-order chi connectivity index (χ0) is 20.4. The van der Waals surface area contributed by atoms with Gasteiger partial charge in [-0.25, -0.2) is 4.79 Å². The van der Waals surface area contributed by atoms with Crippen LogP contribution in [-0.4, -0.2) is 93.4 Å². The first-order valence-electron chi connectivity index (χ1n) is 7.49. The summed E-state index contributed by atoms with van der Waals surface area (Å²) in [6.07, 6.45) is -1.36. The molecule has 150 valence electrons. The lowest BCUT2D eigenvalue weighted by Crippen LogP contribution is -2.60. The molecule has 0 aromatic carbocycles. The zero-order valence-corrected chi connectivity index (χ0v) is 14.8. The molecule has 3 amide bonds. The van der Waals surface area contributed by atoms with Gasteiger partial charge in [0, 0.05) is 5.75 Å². The van der Waals surface area contributed by atoms with Crippen molar-refractivity contribution in [3.8, 4) is 0 Å². The number of carbonyl (C=O) groups excluding carboxylic acids is 3. The van der Waals surface area contributed by atoms with Crippen molar-refractivity contribution < 1.29 is 39.6 Å². The fourth-order valence-corrected chi connectivity index (χ4v) is 1.92. The number of nitrogens with two attached hydrogens (primary N) is 1. The van der Waals surface area contributed by atoms with Crippen LogP contribution in [-0.2, 0) is 19.2 Å². The normalized spacial score (nSPS) is 16.5. The summed E-state index contributed by atoms with van der Waals surface area (Å²) in [6.45, 7) is -0.337. The molecular weight excluding hydrogens is 372 g/mol. The Morgan fingerprint density at radius 1 is 0.962 bits per heavy atom. The number of thiol groups is 1. The van der Waals surface area contributed by atoms with E-state index in [1.807, 2.05) is 5.32 Å². The Hall–Kier alpha value is -1.93. The number of nitrogens with one attached hydrogen (secondary N) is 3. The van der Waals surface area contributed by atoms with Gasteiger partial charge in [0.1, 0.15) is 24.2 Å². The molecule has 0 aliphatic heterocycles. The van der Waals surface area contributed by atoms with E-state index >= 15 is 0 Å². The molecule has 0 saturated heterocycles. The van der Waals surface area contributed by atoms with Gasteiger partial charge in [0.05, 0.1) is 19.3 Å². The van der Waals surface area contributed by atoms with Crippen LogP contribution in [0.15, 0.2) is 0 Å². The molecule has 0 bridgehead atoms. The summed E-state index contributed by atoms with van der Waals surface area (Å²) >= 11 is 3.88. The minimum Gasteiger partial charge on any atom is -0.480 e. The number of hydrogen-bond acceptors (Lipinski definition) is 9. The number of carbonyl (C=O) groups is 4. The monoisotopic (exact) mass is 396 g/mol. The van der Waals surface area contributed by atoms with Crippen LogP contribution in [0.3, 0.4) is 0 Å². The molecule has 9 N–H and O–H groups in total. The molecule has 0 aliphatic rings. The Kier molecular flexibility index (Phi) is 10.8. The van der Waals surface area contributed by atoms with E-state index in [2.05, 4.69) is 23.3 Å². The van der Waals surface area contributed by atoms with Crippen molar-refractivity contribution in [2.75, 3.05) is 19.0 Å². The van der Waals surface area contributed by atoms with Crippen LogP contribution >= 0.6 is 12.6 Å². The molecule has 12 nitrogen and oxygen atoms in total. The minimum atomic E-state index is -1.57. The molecule has 0 heterocycles. The average molecular weight is 396 g/mol. The fraction of sp³-hybridized carbons (Fsp3) is 0.692. The molecule has 0 aromatic rings. The quantitative estimate of drug-likeness (QED) is 0.153. The summed E-state index contributed by atoms with van der Waals surface area (Å²) in [5, 5.41) is 42.5. The van der Waals surface area contributed by atoms with Crippen LogP contribution in [0.5, 0.6) is 0 Å². The number of aliphatic hydroxyl groups is 3. The van der Waals surface area contributed by atoms with Gasteiger partial charge in [0.15, 0.2) is 0 Å². The Morgan fingerprint density at radius 3 is 1.88 bits per heavy atom. The first-order valence-corrected chi connectivity index (χ1v) is 8.12. The van der Waals surface area contributed by atoms with Crippen LogP contribution in [0.25, 0.3) is 0 Å². The van der Waals surface area contributed by atoms with Crippen LogP contribution < -0.4 is 21.7 Å². The number of rotatable bonds is 11. The van der Waals surface area contributed by atoms with Gasteiger partial charge >= 0.3 is 5.97 Å². The van der Waals surface area contributed by atoms with Gasteiger partial charge in [-0.15, -0.1) is 0 Å². The Bertz CT molecular complexity index is 518. The molecule has 0 aromatic heterocycles. The molecule has 0 radical (unpaired) electrons. The fourth-order valence-electron chi connectivity index (χ4n) is 1.66. The predicted molar refractivity (Wildman–Crippen MR) is 91.1 cm³/mol. The van der Waals surface area contributed by atoms with E-state index in [4.69, 9.17) is 21.1 Å². The van der Waals surface area contributed by atoms with Crippen molar-refractivity contribution >= 4 is 36.3 Å². The van der Waals surface area contributed by atoms with Crippen molar-refractivity contribution in [3.63, 3.8) is 0 Å². The molecule has 13 heteroatoms. The van der Waals surface area contributed by atoms with Gasteiger partial charge < -0.3 is 42.1 Å². The standard InChI is InChI=1S/C13H24N4O8S/c1-5(20)9(17-10(21)6(14)2-18)12(23)16-8(4-26)11(22)15-7(3-19)13(24)25/h5-9,18-20,26H,2-4,14H2,1H3,(H,15,22)(H,16,23)(H,17,21)(H,24,25). The van der Waals surface area contributed by atoms with E-state index in [9.17, 15) is 24.3 Å². The first-order chi connectivity index (χ1) is 12.1. The average Bonchev–Trinajstić information content (AvgIpc) is 2.59. The van der Waals surface area contributed by atoms with Crippen LogP contribution in [0.2, 0.25) is 0 Å². The molecule has 0 rings (SSSR count). The Labute approximate surface area is 154 Å². The van der Waals surface area contributed by atoms with E-state index in [-0.39, 0.29) is 5.75 Å². The number of aliphatic hydroxyl groups excluding tert-OH is 3. The van der Waals surface area contributed by atoms with E-state index in [1.165, 1.54) is 6.92 Å². The Balaban J connectivity index is 5.04. The van der Waals surface area contributed by atoms with Gasteiger partial charge in [0.2, 0.25) is 17.7 Å². The van der Waals surface area contributed by atoms with E-state index < -0.39 is 67.2 Å². The minimum absolute atomic E-state index is 0.230. The number of carboxylic acids is 1. The van der Waals surface area contributed by atoms with E-state index in [0.717, 1.165) is 0 Å². The molecule has 0 fully saturated rings. The van der Waals surface area contributed by atoms with Crippen molar-refractivity contribution in [1.82, 2.24) is 16.0 Å². The second-order valence-electron chi connectivity index (χ2n) is 5.34. The summed E-state index contributed by atoms with van der Waals surface area (Å²) in [5.41, 5.74) is 5.31. The number of carboxylic acid groups (broad SMARTS) is 1. The smallest absolute Gasteiger partial charge is 0.328 e. The van der Waals surface area contributed by atoms with Crippen LogP contribution in [0.4, 0.5) is 0 Å². The van der Waals surface area contributed by atoms with Crippen LogP contribution in [0, 0.1) is 0 Å². The largest absolute Gasteiger partial charge is 0.480 e. The van der Waals surface area contributed by atoms with E-state index in [1.54, 1.807) is 0 Å². The maximum Gasteiger partial charge on any atom is 0.328 e. The maximum atomic E-state index is 12.2. The molecule has 0 spiro atoms. The van der Waals surface area contributed by atoms with Gasteiger partial charge in [-0.05, 0) is 6.92 Å². The summed E-state index contributed by atoms with van der Waals surface area (Å²) in [5.74, 6) is -4.49. The highest BCUT2D eigenvalue weighted by molar-refractivity contribution is 7.80. The third-order valence-corrected chi connectivity index (χ3v) is 3.57. The third-order valence-electron chi connectivity index (χ3n) is 3.21. The highest BCUT2D eigenvalue weighted by atomic mass is 32.1. The zero-order valence-electron chi connectivity index (χ0n) is 14.0. The van der Waals surface area contributed by atoms with Gasteiger partial charge in [-0.2, -0.15) is 12.6 Å². The summed E-state index contributed by atoms with van der Waals surface area (Å²) in [4.78, 5) is 46.7. The molecule has 5 atom stereocenters.